The van der Waals surface area contributed by atoms with E-state index in [4.69, 9.17) is 0 Å². The van der Waals surface area contributed by atoms with Crippen LogP contribution >= 0.6 is 0 Å². The topological polar surface area (TPSA) is 52.6 Å². The Balaban J connectivity index is 2.64. The van der Waals surface area contributed by atoms with Gasteiger partial charge in [-0.25, -0.2) is 0 Å². The number of aliphatic hydroxyl groups excluding tert-OH is 1. The van der Waals surface area contributed by atoms with E-state index in [9.17, 15) is 9.90 Å². The van der Waals surface area contributed by atoms with E-state index in [1.165, 1.54) is 0 Å². The smallest absolute Gasteiger partial charge is 0.239 e. The van der Waals surface area contributed by atoms with Crippen LogP contribution in [0.25, 0.3) is 0 Å². The van der Waals surface area contributed by atoms with Gasteiger partial charge in [0.05, 0.1) is 18.7 Å². The van der Waals surface area contributed by atoms with E-state index in [1.54, 1.807) is 11.9 Å². The lowest BCUT2D eigenvalue weighted by molar-refractivity contribution is -0.134. The first-order chi connectivity index (χ1) is 6.61. The van der Waals surface area contributed by atoms with E-state index in [0.717, 1.165) is 13.0 Å². The lowest BCUT2D eigenvalue weighted by Crippen LogP contribution is -2.47. The highest BCUT2D eigenvalue weighted by Crippen LogP contribution is 2.23. The lowest BCUT2D eigenvalue weighted by Gasteiger charge is -2.27. The molecule has 0 saturated carbocycles. The first-order valence-corrected chi connectivity index (χ1v) is 5.20. The number of nitrogens with zero attached hydrogens (tertiary/aromatic N) is 1. The number of carbonyl (C=O) groups excluding carboxylic acids is 1. The van der Waals surface area contributed by atoms with E-state index < -0.39 is 0 Å². The Morgan fingerprint density at radius 3 is 2.86 bits per heavy atom. The third-order valence-electron chi connectivity index (χ3n) is 3.16. The van der Waals surface area contributed by atoms with Crippen molar-refractivity contribution in [3.05, 3.63) is 0 Å². The molecule has 1 aliphatic rings. The molecule has 0 bridgehead atoms. The van der Waals surface area contributed by atoms with Crippen LogP contribution in [0.3, 0.4) is 0 Å². The van der Waals surface area contributed by atoms with Crippen LogP contribution in [-0.4, -0.2) is 48.2 Å². The van der Waals surface area contributed by atoms with Gasteiger partial charge in [-0.05, 0) is 26.3 Å². The highest BCUT2D eigenvalue weighted by Gasteiger charge is 2.35. The fourth-order valence-corrected chi connectivity index (χ4v) is 1.93. The molecule has 82 valence electrons. The second kappa shape index (κ2) is 4.75. The van der Waals surface area contributed by atoms with Crippen molar-refractivity contribution in [3.8, 4) is 0 Å². The maximum Gasteiger partial charge on any atom is 0.239 e. The van der Waals surface area contributed by atoms with Crippen LogP contribution in [0, 0.1) is 5.92 Å². The third-order valence-corrected chi connectivity index (χ3v) is 3.16. The minimum atomic E-state index is -0.158. The van der Waals surface area contributed by atoms with Crippen molar-refractivity contribution in [1.82, 2.24) is 10.2 Å². The molecule has 0 spiro atoms. The molecule has 0 aliphatic carbocycles. The Kier molecular flexibility index (Phi) is 3.89. The van der Waals surface area contributed by atoms with Crippen molar-refractivity contribution in [2.24, 2.45) is 5.92 Å². The highest BCUT2D eigenvalue weighted by molar-refractivity contribution is 5.82. The maximum atomic E-state index is 11.8. The zero-order valence-corrected chi connectivity index (χ0v) is 9.16. The highest BCUT2D eigenvalue weighted by atomic mass is 16.3. The van der Waals surface area contributed by atoms with Crippen LogP contribution in [0.1, 0.15) is 20.3 Å². The standard InChI is InChI=1S/C10H20N2O2/c1-7-4-5-12(9(7)6-13)10(14)8(2)11-3/h7-9,11,13H,4-6H2,1-3H3. The monoisotopic (exact) mass is 200 g/mol. The number of aliphatic hydroxyl groups is 1. The number of nitrogens with one attached hydrogen (secondary N) is 1. The predicted octanol–water partition coefficient (Wildman–Crippen LogP) is -0.176. The van der Waals surface area contributed by atoms with Crippen LogP contribution in [0.4, 0.5) is 0 Å². The molecule has 14 heavy (non-hydrogen) atoms. The zero-order chi connectivity index (χ0) is 10.7. The van der Waals surface area contributed by atoms with E-state index in [1.807, 2.05) is 6.92 Å². The number of likely N-dealkylation sites (N-methyl/N-ethyl adjacent to an activating group) is 1. The number of hydrogen-bond donors (Lipinski definition) is 2. The van der Waals surface area contributed by atoms with Gasteiger partial charge in [0, 0.05) is 6.54 Å². The van der Waals surface area contributed by atoms with Gasteiger partial charge in [-0.2, -0.15) is 0 Å². The number of hydrogen-bond acceptors (Lipinski definition) is 3. The third kappa shape index (κ3) is 2.07. The molecule has 0 aromatic carbocycles. The fourth-order valence-electron chi connectivity index (χ4n) is 1.93. The number of amides is 1. The minimum absolute atomic E-state index is 0.0123. The van der Waals surface area contributed by atoms with E-state index in [2.05, 4.69) is 12.2 Å². The largest absolute Gasteiger partial charge is 0.394 e. The molecule has 1 aliphatic heterocycles. The summed E-state index contributed by atoms with van der Waals surface area (Å²) in [7, 11) is 1.77. The van der Waals surface area contributed by atoms with Gasteiger partial charge in [-0.3, -0.25) is 4.79 Å². The molecule has 4 heteroatoms. The molecule has 0 radical (unpaired) electrons. The average Bonchev–Trinajstić information content (AvgIpc) is 2.57. The Morgan fingerprint density at radius 2 is 2.36 bits per heavy atom. The molecule has 3 atom stereocenters. The number of likely N-dealkylation sites (tertiary alicyclic amines) is 1. The molecule has 1 rings (SSSR count). The van der Waals surface area contributed by atoms with Gasteiger partial charge in [-0.15, -0.1) is 0 Å². The molecule has 2 N–H and O–H groups in total. The van der Waals surface area contributed by atoms with E-state index in [-0.39, 0.29) is 24.6 Å². The van der Waals surface area contributed by atoms with Crippen LogP contribution in [-0.2, 0) is 4.79 Å². The average molecular weight is 200 g/mol. The SMILES string of the molecule is CNC(C)C(=O)N1CCC(C)C1CO. The van der Waals surface area contributed by atoms with Gasteiger partial charge in [0.25, 0.3) is 0 Å². The molecule has 1 heterocycles. The molecular weight excluding hydrogens is 180 g/mol. The van der Waals surface area contributed by atoms with Gasteiger partial charge in [0.15, 0.2) is 0 Å². The van der Waals surface area contributed by atoms with E-state index >= 15 is 0 Å². The van der Waals surface area contributed by atoms with Crippen molar-refractivity contribution in [2.45, 2.75) is 32.4 Å². The Labute approximate surface area is 85.3 Å². The summed E-state index contributed by atoms with van der Waals surface area (Å²) in [4.78, 5) is 13.6. The van der Waals surface area contributed by atoms with Crippen LogP contribution in [0.2, 0.25) is 0 Å². The Bertz CT molecular complexity index is 208. The summed E-state index contributed by atoms with van der Waals surface area (Å²) in [6.45, 7) is 4.78. The summed E-state index contributed by atoms with van der Waals surface area (Å²) < 4.78 is 0. The first kappa shape index (κ1) is 11.5. The Hall–Kier alpha value is -0.610. The van der Waals surface area contributed by atoms with Gasteiger partial charge < -0.3 is 15.3 Å². The lowest BCUT2D eigenvalue weighted by atomic mass is 10.0. The molecule has 1 saturated heterocycles. The molecule has 1 amide bonds. The van der Waals surface area contributed by atoms with Gasteiger partial charge in [0.1, 0.15) is 0 Å². The van der Waals surface area contributed by atoms with Crippen LogP contribution in [0.5, 0.6) is 0 Å². The summed E-state index contributed by atoms with van der Waals surface area (Å²) in [5.74, 6) is 0.504. The maximum absolute atomic E-state index is 11.8. The summed E-state index contributed by atoms with van der Waals surface area (Å²) in [5, 5.41) is 12.1. The Morgan fingerprint density at radius 1 is 1.71 bits per heavy atom. The summed E-state index contributed by atoms with van der Waals surface area (Å²) >= 11 is 0. The van der Waals surface area contributed by atoms with Crippen molar-refractivity contribution in [3.63, 3.8) is 0 Å². The van der Waals surface area contributed by atoms with Crippen molar-refractivity contribution >= 4 is 5.91 Å². The fraction of sp³-hybridized carbons (Fsp3) is 0.900. The summed E-state index contributed by atoms with van der Waals surface area (Å²) in [6.07, 6.45) is 0.993. The van der Waals surface area contributed by atoms with Gasteiger partial charge in [0.2, 0.25) is 5.91 Å². The van der Waals surface area contributed by atoms with Gasteiger partial charge in [-0.1, -0.05) is 6.92 Å². The van der Waals surface area contributed by atoms with Crippen LogP contribution in [0.15, 0.2) is 0 Å². The molecular formula is C10H20N2O2. The van der Waals surface area contributed by atoms with Crippen molar-refractivity contribution < 1.29 is 9.90 Å². The molecule has 4 nitrogen and oxygen atoms in total. The second-order valence-electron chi connectivity index (χ2n) is 4.06. The van der Waals surface area contributed by atoms with E-state index in [0.29, 0.717) is 5.92 Å². The number of carbonyl (C=O) groups is 1. The van der Waals surface area contributed by atoms with Gasteiger partial charge >= 0.3 is 0 Å². The zero-order valence-electron chi connectivity index (χ0n) is 9.16. The molecule has 3 unspecified atom stereocenters. The number of rotatable bonds is 3. The second-order valence-corrected chi connectivity index (χ2v) is 4.06. The van der Waals surface area contributed by atoms with Crippen molar-refractivity contribution in [2.75, 3.05) is 20.2 Å². The van der Waals surface area contributed by atoms with Crippen molar-refractivity contribution in [1.29, 1.82) is 0 Å². The normalized spacial score (nSPS) is 29.3. The molecule has 1 fully saturated rings. The molecule has 0 aromatic rings. The summed E-state index contributed by atoms with van der Waals surface area (Å²) in [6, 6.07) is -0.146. The summed E-state index contributed by atoms with van der Waals surface area (Å²) in [5.41, 5.74) is 0. The predicted molar refractivity (Wildman–Crippen MR) is 54.9 cm³/mol. The first-order valence-electron chi connectivity index (χ1n) is 5.20. The van der Waals surface area contributed by atoms with Crippen LogP contribution < -0.4 is 5.32 Å². The quantitative estimate of drug-likeness (QED) is 0.664. The minimum Gasteiger partial charge on any atom is -0.394 e. The molecule has 0 aromatic heterocycles.